The maximum absolute atomic E-state index is 13.6. The average molecular weight is 435 g/mol. The number of hydrogen-bond acceptors (Lipinski definition) is 4. The molecule has 0 saturated carbocycles. The van der Waals surface area contributed by atoms with E-state index in [1.807, 2.05) is 38.3 Å². The van der Waals surface area contributed by atoms with Crippen LogP contribution in [0.2, 0.25) is 0 Å². The van der Waals surface area contributed by atoms with Gasteiger partial charge in [0.25, 0.3) is 5.56 Å². The Morgan fingerprint density at radius 1 is 1.00 bits per heavy atom. The monoisotopic (exact) mass is 434 g/mol. The first-order valence-electron chi connectivity index (χ1n) is 10.9. The third-order valence-corrected chi connectivity index (χ3v) is 5.79. The lowest BCUT2D eigenvalue weighted by Gasteiger charge is -2.14. The van der Waals surface area contributed by atoms with Gasteiger partial charge in [0.05, 0.1) is 12.2 Å². The van der Waals surface area contributed by atoms with E-state index in [2.05, 4.69) is 37.1 Å². The molecular weight excluding hydrogens is 404 g/mol. The van der Waals surface area contributed by atoms with Crippen LogP contribution in [-0.4, -0.2) is 28.5 Å². The maximum atomic E-state index is 13.6. The fourth-order valence-corrected chi connectivity index (χ4v) is 4.17. The SMILES string of the molecule is Cc1ccc(C)c(Cn2c(-n3nc(C)cc3C)nc3c2c(=O)n(CC(C)C)c(=O)n3C)c1. The van der Waals surface area contributed by atoms with Crippen molar-refractivity contribution in [1.29, 1.82) is 0 Å². The molecule has 0 fully saturated rings. The van der Waals surface area contributed by atoms with Crippen LogP contribution in [0, 0.1) is 33.6 Å². The van der Waals surface area contributed by atoms with Gasteiger partial charge in [0.1, 0.15) is 0 Å². The van der Waals surface area contributed by atoms with E-state index in [4.69, 9.17) is 4.98 Å². The Bertz CT molecular complexity index is 1450. The minimum atomic E-state index is -0.354. The highest BCUT2D eigenvalue weighted by atomic mass is 16.2. The van der Waals surface area contributed by atoms with Gasteiger partial charge in [-0.2, -0.15) is 10.1 Å². The molecule has 4 aromatic rings. The van der Waals surface area contributed by atoms with Crippen LogP contribution >= 0.6 is 0 Å². The van der Waals surface area contributed by atoms with Crippen LogP contribution in [0.15, 0.2) is 33.9 Å². The summed E-state index contributed by atoms with van der Waals surface area (Å²) >= 11 is 0. The van der Waals surface area contributed by atoms with Gasteiger partial charge in [0, 0.05) is 19.3 Å². The molecule has 4 rings (SSSR count). The second kappa shape index (κ2) is 7.93. The van der Waals surface area contributed by atoms with Crippen molar-refractivity contribution in [3.63, 3.8) is 0 Å². The summed E-state index contributed by atoms with van der Waals surface area (Å²) in [6.45, 7) is 12.8. The first-order chi connectivity index (χ1) is 15.1. The quantitative estimate of drug-likeness (QED) is 0.484. The number of aromatic nitrogens is 6. The van der Waals surface area contributed by atoms with E-state index in [9.17, 15) is 9.59 Å². The van der Waals surface area contributed by atoms with E-state index in [1.54, 1.807) is 11.7 Å². The van der Waals surface area contributed by atoms with E-state index in [0.29, 0.717) is 30.2 Å². The smallest absolute Gasteiger partial charge is 0.298 e. The number of hydrogen-bond donors (Lipinski definition) is 0. The summed E-state index contributed by atoms with van der Waals surface area (Å²) in [5, 5.41) is 4.61. The topological polar surface area (TPSA) is 79.6 Å². The summed E-state index contributed by atoms with van der Waals surface area (Å²) in [5.74, 6) is 0.685. The van der Waals surface area contributed by atoms with Crippen molar-refractivity contribution in [2.24, 2.45) is 13.0 Å². The first kappa shape index (κ1) is 21.8. The number of nitrogens with zero attached hydrogens (tertiary/aromatic N) is 6. The van der Waals surface area contributed by atoms with Crippen molar-refractivity contribution in [3.8, 4) is 5.95 Å². The van der Waals surface area contributed by atoms with E-state index in [-0.39, 0.29) is 17.2 Å². The number of aryl methyl sites for hydroxylation is 5. The molecule has 1 aromatic carbocycles. The summed E-state index contributed by atoms with van der Waals surface area (Å²) in [6.07, 6.45) is 0. The minimum Gasteiger partial charge on any atom is -0.298 e. The molecule has 0 atom stereocenters. The van der Waals surface area contributed by atoms with Crippen molar-refractivity contribution in [2.45, 2.75) is 54.6 Å². The number of fused-ring (bicyclic) bond motifs is 1. The molecular formula is C24H30N6O2. The van der Waals surface area contributed by atoms with Crippen molar-refractivity contribution < 1.29 is 0 Å². The largest absolute Gasteiger partial charge is 0.332 e. The molecule has 0 aliphatic carbocycles. The van der Waals surface area contributed by atoms with Crippen LogP contribution in [0.25, 0.3) is 17.1 Å². The van der Waals surface area contributed by atoms with Crippen molar-refractivity contribution in [1.82, 2.24) is 28.5 Å². The van der Waals surface area contributed by atoms with Gasteiger partial charge in [0.2, 0.25) is 5.95 Å². The van der Waals surface area contributed by atoms with Gasteiger partial charge in [-0.3, -0.25) is 18.5 Å². The van der Waals surface area contributed by atoms with Crippen LogP contribution in [0.3, 0.4) is 0 Å². The molecule has 0 unspecified atom stereocenters. The molecule has 8 heteroatoms. The van der Waals surface area contributed by atoms with Gasteiger partial charge < -0.3 is 0 Å². The molecule has 3 heterocycles. The zero-order valence-corrected chi connectivity index (χ0v) is 19.8. The average Bonchev–Trinajstić information content (AvgIpc) is 3.25. The highest BCUT2D eigenvalue weighted by Crippen LogP contribution is 2.21. The van der Waals surface area contributed by atoms with E-state index in [0.717, 1.165) is 28.1 Å². The summed E-state index contributed by atoms with van der Waals surface area (Å²) in [6, 6.07) is 8.25. The lowest BCUT2D eigenvalue weighted by molar-refractivity contribution is 0.484. The molecule has 0 aliphatic heterocycles. The fourth-order valence-electron chi connectivity index (χ4n) is 4.17. The molecule has 32 heavy (non-hydrogen) atoms. The molecule has 0 radical (unpaired) electrons. The molecule has 0 amide bonds. The highest BCUT2D eigenvalue weighted by Gasteiger charge is 2.23. The maximum Gasteiger partial charge on any atom is 0.332 e. The summed E-state index contributed by atoms with van der Waals surface area (Å²) in [4.78, 5) is 31.3. The molecule has 168 valence electrons. The molecule has 0 N–H and O–H groups in total. The van der Waals surface area contributed by atoms with E-state index >= 15 is 0 Å². The van der Waals surface area contributed by atoms with E-state index in [1.165, 1.54) is 9.13 Å². The predicted octanol–water partition coefficient (Wildman–Crippen LogP) is 3.02. The standard InChI is InChI=1S/C24H30N6O2/c1-14(2)12-29-22(31)20-21(27(7)24(29)32)25-23(30-18(6)11-17(5)26-30)28(20)13-19-10-15(3)8-9-16(19)4/h8-11,14H,12-13H2,1-7H3. The van der Waals surface area contributed by atoms with Crippen molar-refractivity contribution in [2.75, 3.05) is 0 Å². The second-order valence-electron chi connectivity index (χ2n) is 9.09. The Hall–Kier alpha value is -3.42. The van der Waals surface area contributed by atoms with Crippen LogP contribution in [0.4, 0.5) is 0 Å². The summed E-state index contributed by atoms with van der Waals surface area (Å²) in [7, 11) is 1.67. The highest BCUT2D eigenvalue weighted by molar-refractivity contribution is 5.73. The number of benzene rings is 1. The zero-order valence-electron chi connectivity index (χ0n) is 19.8. The molecule has 0 bridgehead atoms. The number of imidazole rings is 1. The van der Waals surface area contributed by atoms with Gasteiger partial charge in [-0.1, -0.05) is 37.6 Å². The Labute approximate surface area is 186 Å². The third kappa shape index (κ3) is 3.59. The molecule has 0 aliphatic rings. The predicted molar refractivity (Wildman–Crippen MR) is 126 cm³/mol. The minimum absolute atomic E-state index is 0.156. The fraction of sp³-hybridized carbons (Fsp3) is 0.417. The van der Waals surface area contributed by atoms with Crippen LogP contribution in [0.1, 0.15) is 41.9 Å². The Morgan fingerprint density at radius 2 is 1.72 bits per heavy atom. The Balaban J connectivity index is 2.10. The third-order valence-electron chi connectivity index (χ3n) is 5.79. The van der Waals surface area contributed by atoms with Gasteiger partial charge in [-0.25, -0.2) is 9.48 Å². The van der Waals surface area contributed by atoms with Crippen LogP contribution in [0.5, 0.6) is 0 Å². The molecule has 8 nitrogen and oxygen atoms in total. The van der Waals surface area contributed by atoms with Crippen LogP contribution < -0.4 is 11.2 Å². The van der Waals surface area contributed by atoms with Crippen molar-refractivity contribution in [3.05, 3.63) is 73.2 Å². The molecule has 0 saturated heterocycles. The zero-order chi connectivity index (χ0) is 23.3. The van der Waals surface area contributed by atoms with Gasteiger partial charge in [-0.05, 0) is 50.8 Å². The van der Waals surface area contributed by atoms with Crippen molar-refractivity contribution >= 4 is 11.2 Å². The van der Waals surface area contributed by atoms with E-state index < -0.39 is 0 Å². The Morgan fingerprint density at radius 3 is 2.34 bits per heavy atom. The first-order valence-corrected chi connectivity index (χ1v) is 10.9. The van der Waals surface area contributed by atoms with Gasteiger partial charge in [-0.15, -0.1) is 0 Å². The summed E-state index contributed by atoms with van der Waals surface area (Å²) in [5.41, 5.74) is 5.25. The van der Waals surface area contributed by atoms with Gasteiger partial charge >= 0.3 is 5.69 Å². The Kier molecular flexibility index (Phi) is 5.40. The van der Waals surface area contributed by atoms with Gasteiger partial charge in [0.15, 0.2) is 11.2 Å². The van der Waals surface area contributed by atoms with Crippen LogP contribution in [-0.2, 0) is 20.1 Å². The lowest BCUT2D eigenvalue weighted by atomic mass is 10.1. The summed E-state index contributed by atoms with van der Waals surface area (Å²) < 4.78 is 6.43. The number of rotatable bonds is 5. The lowest BCUT2D eigenvalue weighted by Crippen LogP contribution is -2.40. The normalized spacial score (nSPS) is 11.8. The molecule has 3 aromatic heterocycles. The molecule has 0 spiro atoms. The second-order valence-corrected chi connectivity index (χ2v) is 9.09.